The number of aliphatic hydroxyl groups excluding tert-OH is 1. The fraction of sp³-hybridized carbons (Fsp3) is 0.524. The molecule has 158 valence electrons. The highest BCUT2D eigenvalue weighted by molar-refractivity contribution is 7.99. The summed E-state index contributed by atoms with van der Waals surface area (Å²) >= 11 is 1.47. The van der Waals surface area contributed by atoms with E-state index in [-0.39, 0.29) is 46.5 Å². The second-order valence-electron chi connectivity index (χ2n) is 6.85. The van der Waals surface area contributed by atoms with E-state index in [1.807, 2.05) is 13.0 Å². The summed E-state index contributed by atoms with van der Waals surface area (Å²) in [6.45, 7) is 6.09. The Bertz CT molecular complexity index is 819. The van der Waals surface area contributed by atoms with Crippen LogP contribution >= 0.6 is 11.8 Å². The first-order valence-corrected chi connectivity index (χ1v) is 11.0. The molecule has 8 heteroatoms. The first-order chi connectivity index (χ1) is 13.9. The van der Waals surface area contributed by atoms with Gasteiger partial charge in [0.1, 0.15) is 12.4 Å². The highest BCUT2D eigenvalue weighted by atomic mass is 32.2. The van der Waals surface area contributed by atoms with Crippen LogP contribution in [0.25, 0.3) is 0 Å². The van der Waals surface area contributed by atoms with Crippen molar-refractivity contribution in [1.29, 1.82) is 0 Å². The van der Waals surface area contributed by atoms with Crippen LogP contribution < -0.4 is 0 Å². The van der Waals surface area contributed by atoms with Gasteiger partial charge in [-0.25, -0.2) is 0 Å². The molecular formula is C21H28N2O5S. The van der Waals surface area contributed by atoms with Crippen molar-refractivity contribution in [3.63, 3.8) is 0 Å². The normalized spacial score (nSPS) is 17.6. The number of allylic oxidation sites excluding steroid dienone is 2. The molecule has 1 unspecified atom stereocenters. The Hall–Kier alpha value is -2.35. The smallest absolute Gasteiger partial charge is 0.283 e. The predicted octanol–water partition coefficient (Wildman–Crippen LogP) is 5.55. The van der Waals surface area contributed by atoms with Gasteiger partial charge in [0.25, 0.3) is 5.69 Å². The fourth-order valence-electron chi connectivity index (χ4n) is 3.27. The molecule has 1 N–H and O–H groups in total. The molecule has 2 rings (SSSR count). The van der Waals surface area contributed by atoms with Crippen molar-refractivity contribution in [2.75, 3.05) is 12.4 Å². The van der Waals surface area contributed by atoms with E-state index >= 15 is 0 Å². The van der Waals surface area contributed by atoms with Crippen LogP contribution in [0.3, 0.4) is 0 Å². The van der Waals surface area contributed by atoms with Gasteiger partial charge in [-0.05, 0) is 43.1 Å². The maximum absolute atomic E-state index is 12.7. The molecule has 7 nitrogen and oxygen atoms in total. The Morgan fingerprint density at radius 2 is 2.10 bits per heavy atom. The lowest BCUT2D eigenvalue weighted by Gasteiger charge is -2.24. The van der Waals surface area contributed by atoms with Crippen molar-refractivity contribution in [2.24, 2.45) is 5.16 Å². The van der Waals surface area contributed by atoms with Crippen LogP contribution in [0.1, 0.15) is 64.4 Å². The van der Waals surface area contributed by atoms with Crippen molar-refractivity contribution in [1.82, 2.24) is 0 Å². The van der Waals surface area contributed by atoms with Gasteiger partial charge >= 0.3 is 0 Å². The standard InChI is InChI=1S/C21H28N2O5S/c1-4-7-10-29-20-9-8-14(11-17(20)23(26)27)15-12-18(24)21(19(25)13-15)16(5-2)22-28-6-3/h8-9,11,15,24H,4-7,10,12-13H2,1-3H3/b22-16-. The molecule has 29 heavy (non-hydrogen) atoms. The maximum atomic E-state index is 12.7. The van der Waals surface area contributed by atoms with Crippen molar-refractivity contribution >= 4 is 28.9 Å². The van der Waals surface area contributed by atoms with Crippen molar-refractivity contribution < 1.29 is 19.7 Å². The molecule has 1 aromatic carbocycles. The minimum absolute atomic E-state index is 0.0318. The van der Waals surface area contributed by atoms with Crippen LogP contribution in [-0.2, 0) is 9.63 Å². The summed E-state index contributed by atoms with van der Waals surface area (Å²) < 4.78 is 0. The Morgan fingerprint density at radius 1 is 1.34 bits per heavy atom. The number of aliphatic hydroxyl groups is 1. The predicted molar refractivity (Wildman–Crippen MR) is 115 cm³/mol. The van der Waals surface area contributed by atoms with Gasteiger partial charge in [0.2, 0.25) is 0 Å². The number of ketones is 1. The third-order valence-electron chi connectivity index (χ3n) is 4.77. The number of benzene rings is 1. The van der Waals surface area contributed by atoms with Crippen LogP contribution in [0.2, 0.25) is 0 Å². The quantitative estimate of drug-likeness (QED) is 0.175. The molecule has 0 radical (unpaired) electrons. The number of carbonyl (C=O) groups excluding carboxylic acids is 1. The van der Waals surface area contributed by atoms with Crippen LogP contribution in [0.15, 0.2) is 39.6 Å². The largest absolute Gasteiger partial charge is 0.511 e. The van der Waals surface area contributed by atoms with E-state index in [0.29, 0.717) is 29.2 Å². The summed E-state index contributed by atoms with van der Waals surface area (Å²) in [6.07, 6.45) is 2.90. The molecule has 0 heterocycles. The van der Waals surface area contributed by atoms with Crippen LogP contribution in [-0.4, -0.2) is 33.9 Å². The molecule has 1 aromatic rings. The van der Waals surface area contributed by atoms with E-state index in [9.17, 15) is 20.0 Å². The summed E-state index contributed by atoms with van der Waals surface area (Å²) in [5.74, 6) is 0.272. The third-order valence-corrected chi connectivity index (χ3v) is 5.92. The number of unbranched alkanes of at least 4 members (excludes halogenated alkanes) is 1. The molecule has 0 fully saturated rings. The minimum Gasteiger partial charge on any atom is -0.511 e. The summed E-state index contributed by atoms with van der Waals surface area (Å²) in [7, 11) is 0. The fourth-order valence-corrected chi connectivity index (χ4v) is 4.37. The van der Waals surface area contributed by atoms with E-state index in [1.165, 1.54) is 11.8 Å². The summed E-state index contributed by atoms with van der Waals surface area (Å²) in [4.78, 5) is 29.6. The van der Waals surface area contributed by atoms with E-state index in [0.717, 1.165) is 18.6 Å². The number of nitro benzene ring substituents is 1. The first kappa shape index (κ1) is 22.9. The number of Topliss-reactive ketones (excluding diaryl/α,β-unsaturated/α-hetero) is 1. The molecule has 0 aliphatic heterocycles. The lowest BCUT2D eigenvalue weighted by atomic mass is 9.81. The van der Waals surface area contributed by atoms with Crippen molar-refractivity contribution in [2.45, 2.75) is 63.7 Å². The molecule has 0 spiro atoms. The topological polar surface area (TPSA) is 102 Å². The van der Waals surface area contributed by atoms with E-state index in [4.69, 9.17) is 4.84 Å². The number of thioether (sulfide) groups is 1. The zero-order valence-corrected chi connectivity index (χ0v) is 18.0. The molecule has 0 aromatic heterocycles. The molecule has 0 saturated heterocycles. The van der Waals surface area contributed by atoms with Crippen LogP contribution in [0, 0.1) is 10.1 Å². The van der Waals surface area contributed by atoms with E-state index < -0.39 is 0 Å². The second-order valence-corrected chi connectivity index (χ2v) is 7.98. The number of oxime groups is 1. The number of hydrogen-bond donors (Lipinski definition) is 1. The lowest BCUT2D eigenvalue weighted by molar-refractivity contribution is -0.387. The van der Waals surface area contributed by atoms with Gasteiger partial charge in [-0.3, -0.25) is 14.9 Å². The number of hydrogen-bond acceptors (Lipinski definition) is 7. The molecule has 1 aliphatic rings. The molecular weight excluding hydrogens is 392 g/mol. The molecule has 1 atom stereocenters. The number of carbonyl (C=O) groups is 1. The lowest BCUT2D eigenvalue weighted by Crippen LogP contribution is -2.23. The highest BCUT2D eigenvalue weighted by Crippen LogP contribution is 2.38. The van der Waals surface area contributed by atoms with Gasteiger partial charge in [-0.15, -0.1) is 11.8 Å². The van der Waals surface area contributed by atoms with Crippen LogP contribution in [0.5, 0.6) is 0 Å². The number of nitro groups is 1. The van der Waals surface area contributed by atoms with E-state index in [2.05, 4.69) is 12.1 Å². The summed E-state index contributed by atoms with van der Waals surface area (Å²) in [5, 5.41) is 26.0. The van der Waals surface area contributed by atoms with Crippen molar-refractivity contribution in [3.05, 3.63) is 45.2 Å². The van der Waals surface area contributed by atoms with Gasteiger partial charge in [-0.1, -0.05) is 31.5 Å². The van der Waals surface area contributed by atoms with Gasteiger partial charge in [0, 0.05) is 18.9 Å². The zero-order chi connectivity index (χ0) is 21.4. The van der Waals surface area contributed by atoms with Crippen molar-refractivity contribution in [3.8, 4) is 0 Å². The summed E-state index contributed by atoms with van der Waals surface area (Å²) in [5.41, 5.74) is 1.40. The number of nitrogens with zero attached hydrogens (tertiary/aromatic N) is 2. The Labute approximate surface area is 175 Å². The second kappa shape index (κ2) is 11.0. The minimum atomic E-state index is -0.381. The monoisotopic (exact) mass is 420 g/mol. The third kappa shape index (κ3) is 5.82. The van der Waals surface area contributed by atoms with Gasteiger partial charge in [-0.2, -0.15) is 0 Å². The molecule has 0 saturated carbocycles. The average molecular weight is 421 g/mol. The van der Waals surface area contributed by atoms with Gasteiger partial charge < -0.3 is 9.94 Å². The highest BCUT2D eigenvalue weighted by Gasteiger charge is 2.32. The molecule has 1 aliphatic carbocycles. The SMILES string of the molecule is CCCCSc1ccc(C2CC(=O)C(/C(CC)=N\OCC)=C(O)C2)cc1[N+](=O)[O-]. The zero-order valence-electron chi connectivity index (χ0n) is 17.1. The summed E-state index contributed by atoms with van der Waals surface area (Å²) in [6, 6.07) is 5.12. The van der Waals surface area contributed by atoms with Gasteiger partial charge in [0.15, 0.2) is 5.78 Å². The average Bonchev–Trinajstić information content (AvgIpc) is 2.70. The molecule has 0 bridgehead atoms. The Morgan fingerprint density at radius 3 is 2.69 bits per heavy atom. The van der Waals surface area contributed by atoms with Crippen LogP contribution in [0.4, 0.5) is 5.69 Å². The van der Waals surface area contributed by atoms with E-state index in [1.54, 1.807) is 19.1 Å². The number of rotatable bonds is 10. The molecule has 0 amide bonds. The maximum Gasteiger partial charge on any atom is 0.283 e. The van der Waals surface area contributed by atoms with Gasteiger partial charge in [0.05, 0.1) is 21.1 Å². The first-order valence-electron chi connectivity index (χ1n) is 9.98. The Kier molecular flexibility index (Phi) is 8.70. The Balaban J connectivity index is 2.29.